The Morgan fingerprint density at radius 2 is 2.22 bits per heavy atom. The second-order valence-electron chi connectivity index (χ2n) is 3.82. The first-order chi connectivity index (χ1) is 8.52. The summed E-state index contributed by atoms with van der Waals surface area (Å²) in [6, 6.07) is 5.21. The maximum Gasteiger partial charge on any atom is 0.328 e. The van der Waals surface area contributed by atoms with Crippen LogP contribution in [0.2, 0.25) is 0 Å². The molecular formula is C14H16O4. The lowest BCUT2D eigenvalue weighted by molar-refractivity contribution is -0.131. The molecule has 0 spiro atoms. The van der Waals surface area contributed by atoms with Gasteiger partial charge in [0.1, 0.15) is 18.1 Å². The Morgan fingerprint density at radius 3 is 2.78 bits per heavy atom. The monoisotopic (exact) mass is 248 g/mol. The lowest BCUT2D eigenvalue weighted by Crippen LogP contribution is -1.99. The predicted molar refractivity (Wildman–Crippen MR) is 70.0 cm³/mol. The summed E-state index contributed by atoms with van der Waals surface area (Å²) in [5.74, 6) is 0.225. The van der Waals surface area contributed by atoms with E-state index in [0.29, 0.717) is 23.7 Å². The number of carboxylic acids is 1. The van der Waals surface area contributed by atoms with Gasteiger partial charge < -0.3 is 14.6 Å². The molecule has 0 aliphatic carbocycles. The molecule has 0 fully saturated rings. The summed E-state index contributed by atoms with van der Waals surface area (Å²) in [4.78, 5) is 10.5. The van der Waals surface area contributed by atoms with Crippen LogP contribution in [-0.4, -0.2) is 24.8 Å². The van der Waals surface area contributed by atoms with Crippen molar-refractivity contribution >= 4 is 12.0 Å². The maximum absolute atomic E-state index is 10.5. The Labute approximate surface area is 106 Å². The molecule has 0 aromatic heterocycles. The zero-order valence-electron chi connectivity index (χ0n) is 10.5. The summed E-state index contributed by atoms with van der Waals surface area (Å²) in [6.07, 6.45) is 2.53. The fourth-order valence-electron chi connectivity index (χ4n) is 1.28. The van der Waals surface area contributed by atoms with Crippen LogP contribution in [0.1, 0.15) is 12.5 Å². The number of rotatable bonds is 6. The van der Waals surface area contributed by atoms with Crippen LogP contribution in [-0.2, 0) is 4.79 Å². The molecule has 0 amide bonds. The zero-order chi connectivity index (χ0) is 13.5. The van der Waals surface area contributed by atoms with Crippen LogP contribution < -0.4 is 9.47 Å². The van der Waals surface area contributed by atoms with Crippen molar-refractivity contribution in [1.82, 2.24) is 0 Å². The van der Waals surface area contributed by atoms with Crippen LogP contribution in [0.15, 0.2) is 36.4 Å². The number of methoxy groups -OCH3 is 1. The molecule has 0 heterocycles. The number of benzene rings is 1. The number of ether oxygens (including phenoxy) is 2. The summed E-state index contributed by atoms with van der Waals surface area (Å²) in [5, 5.41) is 8.64. The van der Waals surface area contributed by atoms with Crippen LogP contribution in [0.3, 0.4) is 0 Å². The summed E-state index contributed by atoms with van der Waals surface area (Å²) >= 11 is 0. The Hall–Kier alpha value is -2.23. The minimum absolute atomic E-state index is 0.389. The zero-order valence-corrected chi connectivity index (χ0v) is 10.5. The van der Waals surface area contributed by atoms with Crippen molar-refractivity contribution in [1.29, 1.82) is 0 Å². The molecule has 1 rings (SSSR count). The molecule has 18 heavy (non-hydrogen) atoms. The van der Waals surface area contributed by atoms with E-state index in [4.69, 9.17) is 14.6 Å². The lowest BCUT2D eigenvalue weighted by atomic mass is 10.1. The van der Waals surface area contributed by atoms with Crippen molar-refractivity contribution in [3.63, 3.8) is 0 Å². The molecule has 1 N–H and O–H groups in total. The van der Waals surface area contributed by atoms with Gasteiger partial charge in [-0.1, -0.05) is 6.58 Å². The van der Waals surface area contributed by atoms with Crippen LogP contribution in [0.5, 0.6) is 11.5 Å². The number of aliphatic carboxylic acids is 1. The first-order valence-electron chi connectivity index (χ1n) is 5.39. The highest BCUT2D eigenvalue weighted by atomic mass is 16.5. The Morgan fingerprint density at radius 1 is 1.50 bits per heavy atom. The third kappa shape index (κ3) is 4.33. The summed E-state index contributed by atoms with van der Waals surface area (Å²) < 4.78 is 10.6. The van der Waals surface area contributed by atoms with Crippen molar-refractivity contribution in [2.45, 2.75) is 6.92 Å². The van der Waals surface area contributed by atoms with Gasteiger partial charge >= 0.3 is 5.97 Å². The smallest absolute Gasteiger partial charge is 0.328 e. The van der Waals surface area contributed by atoms with Gasteiger partial charge in [0, 0.05) is 11.6 Å². The first kappa shape index (κ1) is 13.8. The fraction of sp³-hybridized carbons (Fsp3) is 0.214. The average molecular weight is 248 g/mol. The molecular weight excluding hydrogens is 232 g/mol. The second-order valence-corrected chi connectivity index (χ2v) is 3.82. The standard InChI is InChI=1S/C14H16O4/c1-10(2)9-18-13-6-5-12(17-3)8-11(13)4-7-14(15)16/h4-8H,1,9H2,2-3H3,(H,15,16)/b7-4+. The number of hydrogen-bond acceptors (Lipinski definition) is 3. The van der Waals surface area contributed by atoms with Crippen LogP contribution in [0.25, 0.3) is 6.08 Å². The Kier molecular flexibility index (Phi) is 4.99. The highest BCUT2D eigenvalue weighted by Crippen LogP contribution is 2.25. The van der Waals surface area contributed by atoms with Gasteiger partial charge in [0.15, 0.2) is 0 Å². The Balaban J connectivity index is 2.99. The number of carboxylic acid groups (broad SMARTS) is 1. The lowest BCUT2D eigenvalue weighted by Gasteiger charge is -2.10. The SMILES string of the molecule is C=C(C)COc1ccc(OC)cc1/C=C/C(=O)O. The molecule has 0 unspecified atom stereocenters. The number of carbonyl (C=O) groups is 1. The van der Waals surface area contributed by atoms with Gasteiger partial charge in [0.25, 0.3) is 0 Å². The van der Waals surface area contributed by atoms with E-state index >= 15 is 0 Å². The first-order valence-corrected chi connectivity index (χ1v) is 5.39. The molecule has 96 valence electrons. The summed E-state index contributed by atoms with van der Waals surface area (Å²) in [7, 11) is 1.55. The maximum atomic E-state index is 10.5. The van der Waals surface area contributed by atoms with Gasteiger partial charge in [-0.15, -0.1) is 0 Å². The third-order valence-electron chi connectivity index (χ3n) is 2.10. The normalized spacial score (nSPS) is 10.3. The highest BCUT2D eigenvalue weighted by molar-refractivity contribution is 5.86. The molecule has 1 aromatic rings. The van der Waals surface area contributed by atoms with E-state index in [0.717, 1.165) is 11.6 Å². The van der Waals surface area contributed by atoms with E-state index in [2.05, 4.69) is 6.58 Å². The van der Waals surface area contributed by atoms with Gasteiger partial charge in [-0.05, 0) is 36.8 Å². The van der Waals surface area contributed by atoms with Crippen molar-refractivity contribution in [3.05, 3.63) is 42.0 Å². The van der Waals surface area contributed by atoms with E-state index in [9.17, 15) is 4.79 Å². The largest absolute Gasteiger partial charge is 0.497 e. The van der Waals surface area contributed by atoms with Crippen LogP contribution in [0, 0.1) is 0 Å². The van der Waals surface area contributed by atoms with Gasteiger partial charge in [0.05, 0.1) is 7.11 Å². The fourth-order valence-corrected chi connectivity index (χ4v) is 1.28. The summed E-state index contributed by atoms with van der Waals surface area (Å²) in [6.45, 7) is 5.99. The van der Waals surface area contributed by atoms with Crippen LogP contribution in [0.4, 0.5) is 0 Å². The van der Waals surface area contributed by atoms with Crippen molar-refractivity contribution < 1.29 is 19.4 Å². The molecule has 0 atom stereocenters. The molecule has 0 aliphatic heterocycles. The van der Waals surface area contributed by atoms with Gasteiger partial charge in [-0.2, -0.15) is 0 Å². The molecule has 0 radical (unpaired) electrons. The molecule has 4 nitrogen and oxygen atoms in total. The van der Waals surface area contributed by atoms with Gasteiger partial charge in [-0.3, -0.25) is 0 Å². The van der Waals surface area contributed by atoms with E-state index in [1.165, 1.54) is 6.08 Å². The third-order valence-corrected chi connectivity index (χ3v) is 2.10. The van der Waals surface area contributed by atoms with E-state index in [1.54, 1.807) is 25.3 Å². The molecule has 0 bridgehead atoms. The van der Waals surface area contributed by atoms with Crippen molar-refractivity contribution in [2.75, 3.05) is 13.7 Å². The molecule has 0 saturated carbocycles. The van der Waals surface area contributed by atoms with E-state index in [-0.39, 0.29) is 0 Å². The second kappa shape index (κ2) is 6.49. The van der Waals surface area contributed by atoms with Crippen molar-refractivity contribution in [3.8, 4) is 11.5 Å². The van der Waals surface area contributed by atoms with Gasteiger partial charge in [0.2, 0.25) is 0 Å². The topological polar surface area (TPSA) is 55.8 Å². The van der Waals surface area contributed by atoms with Gasteiger partial charge in [-0.25, -0.2) is 4.79 Å². The summed E-state index contributed by atoms with van der Waals surface area (Å²) in [5.41, 5.74) is 1.54. The average Bonchev–Trinajstić information content (AvgIpc) is 2.34. The highest BCUT2D eigenvalue weighted by Gasteiger charge is 2.04. The van der Waals surface area contributed by atoms with E-state index < -0.39 is 5.97 Å². The molecule has 4 heteroatoms. The molecule has 1 aromatic carbocycles. The van der Waals surface area contributed by atoms with E-state index in [1.807, 2.05) is 6.92 Å². The molecule has 0 saturated heterocycles. The Bertz CT molecular complexity index is 475. The number of hydrogen-bond donors (Lipinski definition) is 1. The quantitative estimate of drug-likeness (QED) is 0.621. The minimum Gasteiger partial charge on any atom is -0.497 e. The van der Waals surface area contributed by atoms with Crippen LogP contribution >= 0.6 is 0 Å². The predicted octanol–water partition coefficient (Wildman–Crippen LogP) is 2.75. The van der Waals surface area contributed by atoms with Crippen molar-refractivity contribution in [2.24, 2.45) is 0 Å². The molecule has 0 aliphatic rings. The minimum atomic E-state index is -1.01.